The average Bonchev–Trinajstić information content (AvgIpc) is 2.75. The Kier molecular flexibility index (Phi) is 2.98. The molecule has 1 aliphatic heterocycles. The lowest BCUT2D eigenvalue weighted by molar-refractivity contribution is 0.333. The highest BCUT2D eigenvalue weighted by molar-refractivity contribution is 4.86. The molecule has 1 aliphatic rings. The number of hydrogen-bond acceptors (Lipinski definition) is 2. The third kappa shape index (κ3) is 2.56. The van der Waals surface area contributed by atoms with Crippen LogP contribution in [0, 0.1) is 0 Å². The Morgan fingerprint density at radius 1 is 1.38 bits per heavy atom. The summed E-state index contributed by atoms with van der Waals surface area (Å²) >= 11 is 0. The Hall–Kier alpha value is -0.830. The molecule has 3 nitrogen and oxygen atoms in total. The smallest absolute Gasteiger partial charge is 0.106 e. The second kappa shape index (κ2) is 4.42. The zero-order valence-corrected chi connectivity index (χ0v) is 8.00. The molecule has 1 aromatic heterocycles. The van der Waals surface area contributed by atoms with Crippen LogP contribution in [0.2, 0.25) is 0 Å². The molecule has 0 bridgehead atoms. The highest BCUT2D eigenvalue weighted by atomic mass is 15.1. The van der Waals surface area contributed by atoms with E-state index in [1.54, 1.807) is 0 Å². The van der Waals surface area contributed by atoms with Gasteiger partial charge in [-0.15, -0.1) is 0 Å². The second-order valence-electron chi connectivity index (χ2n) is 3.69. The van der Waals surface area contributed by atoms with Gasteiger partial charge in [0.25, 0.3) is 0 Å². The second-order valence-corrected chi connectivity index (χ2v) is 3.69. The van der Waals surface area contributed by atoms with Crippen molar-refractivity contribution in [1.82, 2.24) is 14.9 Å². The summed E-state index contributed by atoms with van der Waals surface area (Å²) in [5.74, 6) is 1.12. The summed E-state index contributed by atoms with van der Waals surface area (Å²) in [4.78, 5) is 9.88. The van der Waals surface area contributed by atoms with Gasteiger partial charge in [0.15, 0.2) is 0 Å². The summed E-state index contributed by atoms with van der Waals surface area (Å²) < 4.78 is 0. The van der Waals surface area contributed by atoms with Gasteiger partial charge in [0.2, 0.25) is 0 Å². The first-order valence-electron chi connectivity index (χ1n) is 5.16. The molecule has 0 radical (unpaired) electrons. The van der Waals surface area contributed by atoms with Crippen molar-refractivity contribution in [1.29, 1.82) is 0 Å². The molecule has 1 N–H and O–H groups in total. The third-order valence-electron chi connectivity index (χ3n) is 2.64. The highest BCUT2D eigenvalue weighted by Gasteiger charge is 2.10. The van der Waals surface area contributed by atoms with Gasteiger partial charge < -0.3 is 9.88 Å². The van der Waals surface area contributed by atoms with Crippen LogP contribution in [0.1, 0.15) is 25.1 Å². The van der Waals surface area contributed by atoms with Gasteiger partial charge in [-0.05, 0) is 38.9 Å². The minimum absolute atomic E-state index is 1.09. The maximum Gasteiger partial charge on any atom is 0.106 e. The number of nitrogens with zero attached hydrogens (tertiary/aromatic N) is 2. The SMILES string of the molecule is c1c[nH]c(CCCN2CCCC2)n1. The lowest BCUT2D eigenvalue weighted by Crippen LogP contribution is -2.20. The first kappa shape index (κ1) is 8.75. The van der Waals surface area contributed by atoms with Gasteiger partial charge in [0.05, 0.1) is 0 Å². The molecule has 0 spiro atoms. The fourth-order valence-corrected chi connectivity index (χ4v) is 1.91. The molecule has 0 aliphatic carbocycles. The van der Waals surface area contributed by atoms with Crippen LogP contribution in [0.15, 0.2) is 12.4 Å². The van der Waals surface area contributed by atoms with E-state index in [9.17, 15) is 0 Å². The van der Waals surface area contributed by atoms with Crippen molar-refractivity contribution in [3.8, 4) is 0 Å². The molecule has 1 fully saturated rings. The molecule has 0 atom stereocenters. The number of rotatable bonds is 4. The van der Waals surface area contributed by atoms with Crippen molar-refractivity contribution in [2.24, 2.45) is 0 Å². The Labute approximate surface area is 79.2 Å². The quantitative estimate of drug-likeness (QED) is 0.758. The topological polar surface area (TPSA) is 31.9 Å². The van der Waals surface area contributed by atoms with Crippen molar-refractivity contribution >= 4 is 0 Å². The molecule has 1 aromatic rings. The fourth-order valence-electron chi connectivity index (χ4n) is 1.91. The van der Waals surface area contributed by atoms with Crippen LogP contribution in [-0.4, -0.2) is 34.5 Å². The Bertz CT molecular complexity index is 224. The van der Waals surface area contributed by atoms with Crippen molar-refractivity contribution in [2.45, 2.75) is 25.7 Å². The molecule has 13 heavy (non-hydrogen) atoms. The Balaban J connectivity index is 1.63. The monoisotopic (exact) mass is 179 g/mol. The highest BCUT2D eigenvalue weighted by Crippen LogP contribution is 2.08. The normalized spacial score (nSPS) is 18.2. The lowest BCUT2D eigenvalue weighted by Gasteiger charge is -2.13. The standard InChI is InChI=1S/C10H17N3/c1-2-8-13(7-1)9-3-4-10-11-5-6-12-10/h5-6H,1-4,7-9H2,(H,11,12). The summed E-state index contributed by atoms with van der Waals surface area (Å²) in [5, 5.41) is 0. The number of likely N-dealkylation sites (tertiary alicyclic amines) is 1. The zero-order chi connectivity index (χ0) is 8.93. The van der Waals surface area contributed by atoms with E-state index in [-0.39, 0.29) is 0 Å². The van der Waals surface area contributed by atoms with Gasteiger partial charge >= 0.3 is 0 Å². The van der Waals surface area contributed by atoms with Gasteiger partial charge in [-0.3, -0.25) is 0 Å². The van der Waals surface area contributed by atoms with Gasteiger partial charge in [0.1, 0.15) is 5.82 Å². The number of H-pyrrole nitrogens is 1. The van der Waals surface area contributed by atoms with Gasteiger partial charge in [-0.25, -0.2) is 4.98 Å². The van der Waals surface area contributed by atoms with E-state index in [1.165, 1.54) is 38.9 Å². The zero-order valence-electron chi connectivity index (χ0n) is 8.00. The first-order valence-corrected chi connectivity index (χ1v) is 5.16. The van der Waals surface area contributed by atoms with E-state index >= 15 is 0 Å². The minimum atomic E-state index is 1.09. The predicted octanol–water partition coefficient (Wildman–Crippen LogP) is 1.44. The van der Waals surface area contributed by atoms with Gasteiger partial charge in [-0.2, -0.15) is 0 Å². The summed E-state index contributed by atoms with van der Waals surface area (Å²) in [6, 6.07) is 0. The van der Waals surface area contributed by atoms with E-state index in [0.717, 1.165) is 12.2 Å². The minimum Gasteiger partial charge on any atom is -0.349 e. The summed E-state index contributed by atoms with van der Waals surface area (Å²) in [6.07, 6.45) is 8.81. The molecule has 0 unspecified atom stereocenters. The van der Waals surface area contributed by atoms with E-state index in [2.05, 4.69) is 14.9 Å². The number of hydrogen-bond donors (Lipinski definition) is 1. The number of imidazole rings is 1. The summed E-state index contributed by atoms with van der Waals surface area (Å²) in [6.45, 7) is 3.84. The van der Waals surface area contributed by atoms with E-state index in [1.807, 2.05) is 12.4 Å². The van der Waals surface area contributed by atoms with Crippen LogP contribution in [0.5, 0.6) is 0 Å². The molecule has 0 saturated carbocycles. The Morgan fingerprint density at radius 3 is 2.92 bits per heavy atom. The summed E-state index contributed by atoms with van der Waals surface area (Å²) in [5.41, 5.74) is 0. The van der Waals surface area contributed by atoms with Crippen LogP contribution in [0.25, 0.3) is 0 Å². The molecule has 72 valence electrons. The van der Waals surface area contributed by atoms with Crippen molar-refractivity contribution in [2.75, 3.05) is 19.6 Å². The first-order chi connectivity index (χ1) is 6.45. The lowest BCUT2D eigenvalue weighted by atomic mass is 10.3. The van der Waals surface area contributed by atoms with Crippen LogP contribution in [-0.2, 0) is 6.42 Å². The van der Waals surface area contributed by atoms with Crippen molar-refractivity contribution < 1.29 is 0 Å². The van der Waals surface area contributed by atoms with Gasteiger partial charge in [0, 0.05) is 18.8 Å². The van der Waals surface area contributed by atoms with Crippen molar-refractivity contribution in [3.63, 3.8) is 0 Å². The molecular weight excluding hydrogens is 162 g/mol. The molecule has 0 aromatic carbocycles. The number of aromatic nitrogens is 2. The van der Waals surface area contributed by atoms with Crippen LogP contribution in [0.3, 0.4) is 0 Å². The molecule has 1 saturated heterocycles. The molecule has 2 heterocycles. The molecular formula is C10H17N3. The van der Waals surface area contributed by atoms with Crippen LogP contribution < -0.4 is 0 Å². The van der Waals surface area contributed by atoms with Crippen molar-refractivity contribution in [3.05, 3.63) is 18.2 Å². The third-order valence-corrected chi connectivity index (χ3v) is 2.64. The van der Waals surface area contributed by atoms with Crippen LogP contribution in [0.4, 0.5) is 0 Å². The van der Waals surface area contributed by atoms with Crippen LogP contribution >= 0.6 is 0 Å². The van der Waals surface area contributed by atoms with E-state index in [4.69, 9.17) is 0 Å². The molecule has 0 amide bonds. The summed E-state index contributed by atoms with van der Waals surface area (Å²) in [7, 11) is 0. The Morgan fingerprint density at radius 2 is 2.23 bits per heavy atom. The largest absolute Gasteiger partial charge is 0.349 e. The predicted molar refractivity (Wildman–Crippen MR) is 52.6 cm³/mol. The van der Waals surface area contributed by atoms with Gasteiger partial charge in [-0.1, -0.05) is 0 Å². The molecule has 2 rings (SSSR count). The molecule has 3 heteroatoms. The van der Waals surface area contributed by atoms with E-state index in [0.29, 0.717) is 0 Å². The number of aromatic amines is 1. The average molecular weight is 179 g/mol. The maximum atomic E-state index is 4.21. The number of aryl methyl sites for hydroxylation is 1. The maximum absolute atomic E-state index is 4.21. The number of nitrogens with one attached hydrogen (secondary N) is 1. The fraction of sp³-hybridized carbons (Fsp3) is 0.700. The van der Waals surface area contributed by atoms with E-state index < -0.39 is 0 Å².